The molecule has 0 fully saturated rings. The first kappa shape index (κ1) is 16.2. The Kier molecular flexibility index (Phi) is 6.73. The van der Waals surface area contributed by atoms with Gasteiger partial charge in [0.15, 0.2) is 0 Å². The van der Waals surface area contributed by atoms with Crippen molar-refractivity contribution >= 4 is 11.9 Å². The number of benzene rings is 1. The molecule has 5 nitrogen and oxygen atoms in total. The summed E-state index contributed by atoms with van der Waals surface area (Å²) in [5, 5.41) is 14.8. The van der Waals surface area contributed by atoms with Gasteiger partial charge in [-0.05, 0) is 25.0 Å². The molecule has 1 amide bonds. The number of carboxylic acids is 1. The van der Waals surface area contributed by atoms with E-state index in [0.717, 1.165) is 11.1 Å². The van der Waals surface area contributed by atoms with Gasteiger partial charge in [-0.1, -0.05) is 24.3 Å². The fourth-order valence-corrected chi connectivity index (χ4v) is 1.79. The minimum Gasteiger partial charge on any atom is -0.481 e. The Hall–Kier alpha value is -1.88. The number of nitrogens with one attached hydrogen (secondary N) is 2. The molecule has 0 aliphatic carbocycles. The standard InChI is InChI=1S/C15H22N2O3/c1-3-17-14(18)8-9-16-10-12-4-6-13(7-5-12)11(2)15(19)20/h4-7,11,16H,3,8-10H2,1-2H3,(H,17,18)(H,19,20). The largest absolute Gasteiger partial charge is 0.481 e. The molecule has 0 radical (unpaired) electrons. The van der Waals surface area contributed by atoms with E-state index < -0.39 is 11.9 Å². The van der Waals surface area contributed by atoms with Crippen LogP contribution in [0, 0.1) is 0 Å². The van der Waals surface area contributed by atoms with Crippen LogP contribution < -0.4 is 10.6 Å². The summed E-state index contributed by atoms with van der Waals surface area (Å²) in [7, 11) is 0. The zero-order valence-corrected chi connectivity index (χ0v) is 12.0. The SMILES string of the molecule is CCNC(=O)CCNCc1ccc(C(C)C(=O)O)cc1. The average Bonchev–Trinajstić information content (AvgIpc) is 2.43. The summed E-state index contributed by atoms with van der Waals surface area (Å²) in [6.07, 6.45) is 0.460. The maximum absolute atomic E-state index is 11.2. The van der Waals surface area contributed by atoms with Gasteiger partial charge in [-0.3, -0.25) is 9.59 Å². The molecule has 0 saturated heterocycles. The molecule has 0 aliphatic heterocycles. The highest BCUT2D eigenvalue weighted by Gasteiger charge is 2.12. The van der Waals surface area contributed by atoms with Gasteiger partial charge >= 0.3 is 5.97 Å². The second-order valence-electron chi connectivity index (χ2n) is 4.68. The van der Waals surface area contributed by atoms with Crippen LogP contribution in [0.1, 0.15) is 37.3 Å². The lowest BCUT2D eigenvalue weighted by Crippen LogP contribution is -2.27. The van der Waals surface area contributed by atoms with Crippen molar-refractivity contribution in [1.29, 1.82) is 0 Å². The Morgan fingerprint density at radius 1 is 1.25 bits per heavy atom. The zero-order valence-electron chi connectivity index (χ0n) is 12.0. The van der Waals surface area contributed by atoms with Crippen molar-refractivity contribution < 1.29 is 14.7 Å². The first-order valence-electron chi connectivity index (χ1n) is 6.83. The summed E-state index contributed by atoms with van der Waals surface area (Å²) >= 11 is 0. The third kappa shape index (κ3) is 5.40. The van der Waals surface area contributed by atoms with E-state index >= 15 is 0 Å². The summed E-state index contributed by atoms with van der Waals surface area (Å²) in [6, 6.07) is 7.49. The molecule has 0 bridgehead atoms. The fraction of sp³-hybridized carbons (Fsp3) is 0.467. The molecular formula is C15H22N2O3. The predicted octanol–water partition coefficient (Wildman–Crippen LogP) is 1.49. The van der Waals surface area contributed by atoms with Gasteiger partial charge in [0.1, 0.15) is 0 Å². The fourth-order valence-electron chi connectivity index (χ4n) is 1.79. The van der Waals surface area contributed by atoms with Crippen LogP contribution in [0.5, 0.6) is 0 Å². The lowest BCUT2D eigenvalue weighted by Gasteiger charge is -2.09. The Balaban J connectivity index is 2.35. The summed E-state index contributed by atoms with van der Waals surface area (Å²) in [4.78, 5) is 22.1. The van der Waals surface area contributed by atoms with Crippen molar-refractivity contribution in [3.8, 4) is 0 Å². The lowest BCUT2D eigenvalue weighted by molar-refractivity contribution is -0.138. The summed E-state index contributed by atoms with van der Waals surface area (Å²) in [5.74, 6) is -1.27. The molecule has 3 N–H and O–H groups in total. The van der Waals surface area contributed by atoms with Crippen LogP contribution in [0.4, 0.5) is 0 Å². The molecular weight excluding hydrogens is 256 g/mol. The van der Waals surface area contributed by atoms with E-state index in [1.165, 1.54) is 0 Å². The maximum atomic E-state index is 11.2. The van der Waals surface area contributed by atoms with E-state index in [0.29, 0.717) is 26.1 Å². The van der Waals surface area contributed by atoms with E-state index in [2.05, 4.69) is 10.6 Å². The van der Waals surface area contributed by atoms with Crippen molar-refractivity contribution in [2.75, 3.05) is 13.1 Å². The Labute approximate surface area is 119 Å². The monoisotopic (exact) mass is 278 g/mol. The number of hydrogen-bond donors (Lipinski definition) is 3. The number of amides is 1. The molecule has 1 unspecified atom stereocenters. The molecule has 0 heterocycles. The highest BCUT2D eigenvalue weighted by Crippen LogP contribution is 2.15. The Bertz CT molecular complexity index is 443. The van der Waals surface area contributed by atoms with Crippen LogP contribution >= 0.6 is 0 Å². The van der Waals surface area contributed by atoms with Crippen molar-refractivity contribution in [1.82, 2.24) is 10.6 Å². The lowest BCUT2D eigenvalue weighted by atomic mass is 10.0. The van der Waals surface area contributed by atoms with Crippen molar-refractivity contribution in [2.24, 2.45) is 0 Å². The van der Waals surface area contributed by atoms with Crippen LogP contribution in [0.25, 0.3) is 0 Å². The number of carbonyl (C=O) groups excluding carboxylic acids is 1. The number of carbonyl (C=O) groups is 2. The molecule has 1 aromatic rings. The molecule has 20 heavy (non-hydrogen) atoms. The maximum Gasteiger partial charge on any atom is 0.310 e. The highest BCUT2D eigenvalue weighted by molar-refractivity contribution is 5.76. The molecule has 110 valence electrons. The van der Waals surface area contributed by atoms with Crippen LogP contribution in [0.15, 0.2) is 24.3 Å². The number of aliphatic carboxylic acids is 1. The van der Waals surface area contributed by atoms with Gasteiger partial charge in [0.25, 0.3) is 0 Å². The van der Waals surface area contributed by atoms with Crippen molar-refractivity contribution in [3.63, 3.8) is 0 Å². The topological polar surface area (TPSA) is 78.4 Å². The quantitative estimate of drug-likeness (QED) is 0.630. The van der Waals surface area contributed by atoms with E-state index in [1.807, 2.05) is 31.2 Å². The van der Waals surface area contributed by atoms with Crippen molar-refractivity contribution in [3.05, 3.63) is 35.4 Å². The highest BCUT2D eigenvalue weighted by atomic mass is 16.4. The third-order valence-corrected chi connectivity index (χ3v) is 3.08. The third-order valence-electron chi connectivity index (χ3n) is 3.08. The van der Waals surface area contributed by atoms with Gasteiger partial charge in [0, 0.05) is 26.1 Å². The van der Waals surface area contributed by atoms with Gasteiger partial charge in [-0.2, -0.15) is 0 Å². The average molecular weight is 278 g/mol. The molecule has 0 saturated carbocycles. The molecule has 5 heteroatoms. The first-order valence-corrected chi connectivity index (χ1v) is 6.83. The van der Waals surface area contributed by atoms with Crippen molar-refractivity contribution in [2.45, 2.75) is 32.7 Å². The molecule has 0 aliphatic rings. The minimum absolute atomic E-state index is 0.0469. The molecule has 1 atom stereocenters. The number of carboxylic acid groups (broad SMARTS) is 1. The van der Waals surface area contributed by atoms with Gasteiger partial charge in [-0.25, -0.2) is 0 Å². The van der Waals surface area contributed by atoms with Crippen LogP contribution in [0.3, 0.4) is 0 Å². The normalized spacial score (nSPS) is 11.9. The summed E-state index contributed by atoms with van der Waals surface area (Å²) in [6.45, 7) is 5.51. The Morgan fingerprint density at radius 3 is 2.45 bits per heavy atom. The molecule has 0 spiro atoms. The van der Waals surface area contributed by atoms with Crippen LogP contribution in [-0.4, -0.2) is 30.1 Å². The predicted molar refractivity (Wildman–Crippen MR) is 77.5 cm³/mol. The van der Waals surface area contributed by atoms with E-state index in [4.69, 9.17) is 5.11 Å². The molecule has 1 rings (SSSR count). The van der Waals surface area contributed by atoms with Gasteiger partial charge in [0.05, 0.1) is 5.92 Å². The van der Waals surface area contributed by atoms with E-state index in [9.17, 15) is 9.59 Å². The summed E-state index contributed by atoms with van der Waals surface area (Å²) < 4.78 is 0. The first-order chi connectivity index (χ1) is 9.54. The zero-order chi connectivity index (χ0) is 15.0. The van der Waals surface area contributed by atoms with Gasteiger partial charge < -0.3 is 15.7 Å². The molecule has 1 aromatic carbocycles. The number of hydrogen-bond acceptors (Lipinski definition) is 3. The van der Waals surface area contributed by atoms with Crippen LogP contribution in [0.2, 0.25) is 0 Å². The summed E-state index contributed by atoms with van der Waals surface area (Å²) in [5.41, 5.74) is 1.87. The smallest absolute Gasteiger partial charge is 0.310 e. The second-order valence-corrected chi connectivity index (χ2v) is 4.68. The molecule has 0 aromatic heterocycles. The second kappa shape index (κ2) is 8.32. The van der Waals surface area contributed by atoms with E-state index in [-0.39, 0.29) is 5.91 Å². The van der Waals surface area contributed by atoms with Gasteiger partial charge in [0.2, 0.25) is 5.91 Å². The van der Waals surface area contributed by atoms with E-state index in [1.54, 1.807) is 6.92 Å². The van der Waals surface area contributed by atoms with Crippen LogP contribution in [-0.2, 0) is 16.1 Å². The Morgan fingerprint density at radius 2 is 1.90 bits per heavy atom. The minimum atomic E-state index is -0.821. The number of rotatable bonds is 8. The van der Waals surface area contributed by atoms with Gasteiger partial charge in [-0.15, -0.1) is 0 Å².